The van der Waals surface area contributed by atoms with Crippen molar-refractivity contribution < 1.29 is 8.42 Å². The van der Waals surface area contributed by atoms with Crippen LogP contribution in [0.4, 0.5) is 0 Å². The summed E-state index contributed by atoms with van der Waals surface area (Å²) < 4.78 is 26.5. The molecular formula is C11H15NO2S. The second-order valence-corrected chi connectivity index (χ2v) is 6.16. The van der Waals surface area contributed by atoms with E-state index < -0.39 is 10.0 Å². The van der Waals surface area contributed by atoms with Crippen molar-refractivity contribution in [1.29, 1.82) is 0 Å². The number of aryl methyl sites for hydroxylation is 1. The fraction of sp³-hybridized carbons (Fsp3) is 0.455. The Morgan fingerprint density at radius 3 is 2.20 bits per heavy atom. The number of sulfonamides is 1. The smallest absolute Gasteiger partial charge is 0.207 e. The van der Waals surface area contributed by atoms with Crippen LogP contribution in [-0.4, -0.2) is 14.0 Å². The molecule has 0 saturated heterocycles. The molecule has 1 N–H and O–H groups in total. The molecule has 0 aliphatic heterocycles. The molecule has 1 aliphatic rings. The van der Waals surface area contributed by atoms with E-state index in [0.717, 1.165) is 18.4 Å². The van der Waals surface area contributed by atoms with Crippen molar-refractivity contribution in [2.45, 2.75) is 37.1 Å². The summed E-state index contributed by atoms with van der Waals surface area (Å²) in [6.45, 7) is 3.87. The Morgan fingerprint density at radius 1 is 1.20 bits per heavy atom. The lowest BCUT2D eigenvalue weighted by Crippen LogP contribution is -2.34. The van der Waals surface area contributed by atoms with E-state index in [1.54, 1.807) is 12.1 Å². The van der Waals surface area contributed by atoms with Crippen LogP contribution in [0.15, 0.2) is 29.2 Å². The quantitative estimate of drug-likeness (QED) is 0.853. The minimum Gasteiger partial charge on any atom is -0.207 e. The Labute approximate surface area is 90.6 Å². The zero-order chi connectivity index (χ0) is 11.1. The fourth-order valence-electron chi connectivity index (χ4n) is 1.39. The van der Waals surface area contributed by atoms with Gasteiger partial charge < -0.3 is 0 Å². The van der Waals surface area contributed by atoms with Crippen molar-refractivity contribution in [2.24, 2.45) is 0 Å². The minimum absolute atomic E-state index is 0.205. The molecule has 0 unspecified atom stereocenters. The summed E-state index contributed by atoms with van der Waals surface area (Å²) in [6, 6.07) is 6.90. The van der Waals surface area contributed by atoms with E-state index in [1.807, 2.05) is 26.0 Å². The van der Waals surface area contributed by atoms with Crippen LogP contribution in [0.2, 0.25) is 0 Å². The van der Waals surface area contributed by atoms with Gasteiger partial charge in [-0.15, -0.1) is 0 Å². The molecule has 15 heavy (non-hydrogen) atoms. The maximum atomic E-state index is 11.9. The first-order valence-electron chi connectivity index (χ1n) is 5.02. The van der Waals surface area contributed by atoms with Crippen molar-refractivity contribution in [3.63, 3.8) is 0 Å². The second-order valence-electron chi connectivity index (χ2n) is 4.48. The predicted octanol–water partition coefficient (Wildman–Crippen LogP) is 1.83. The number of nitrogens with one attached hydrogen (secondary N) is 1. The minimum atomic E-state index is -3.32. The molecule has 2 rings (SSSR count). The Bertz CT molecular complexity index is 458. The molecule has 0 heterocycles. The average molecular weight is 225 g/mol. The third-order valence-electron chi connectivity index (χ3n) is 2.71. The van der Waals surface area contributed by atoms with Gasteiger partial charge in [0.2, 0.25) is 10.0 Å². The van der Waals surface area contributed by atoms with Crippen LogP contribution in [0.25, 0.3) is 0 Å². The first-order chi connectivity index (χ1) is 6.91. The highest BCUT2D eigenvalue weighted by Crippen LogP contribution is 2.35. The van der Waals surface area contributed by atoms with Crippen molar-refractivity contribution in [2.75, 3.05) is 0 Å². The molecule has 0 aromatic heterocycles. The van der Waals surface area contributed by atoms with Gasteiger partial charge in [0.05, 0.1) is 4.90 Å². The second kappa shape index (κ2) is 3.32. The van der Waals surface area contributed by atoms with E-state index in [1.165, 1.54) is 0 Å². The van der Waals surface area contributed by atoms with Crippen molar-refractivity contribution in [3.8, 4) is 0 Å². The van der Waals surface area contributed by atoms with E-state index >= 15 is 0 Å². The number of rotatable bonds is 3. The molecular weight excluding hydrogens is 210 g/mol. The Balaban J connectivity index is 2.25. The summed E-state index contributed by atoms with van der Waals surface area (Å²) in [5.41, 5.74) is 0.857. The van der Waals surface area contributed by atoms with E-state index in [9.17, 15) is 8.42 Å². The topological polar surface area (TPSA) is 46.2 Å². The first-order valence-corrected chi connectivity index (χ1v) is 6.50. The molecule has 1 fully saturated rings. The Hall–Kier alpha value is -0.870. The summed E-state index contributed by atoms with van der Waals surface area (Å²) in [6.07, 6.45) is 1.86. The van der Waals surface area contributed by atoms with Gasteiger partial charge in [-0.05, 0) is 38.8 Å². The van der Waals surface area contributed by atoms with Crippen LogP contribution >= 0.6 is 0 Å². The van der Waals surface area contributed by atoms with Gasteiger partial charge in [0.15, 0.2) is 0 Å². The highest BCUT2D eigenvalue weighted by Gasteiger charge is 2.41. The maximum absolute atomic E-state index is 11.9. The molecule has 0 radical (unpaired) electrons. The monoisotopic (exact) mass is 225 g/mol. The summed E-state index contributed by atoms with van der Waals surface area (Å²) in [4.78, 5) is 0.348. The van der Waals surface area contributed by atoms with Crippen LogP contribution < -0.4 is 4.72 Å². The van der Waals surface area contributed by atoms with Crippen LogP contribution in [0.5, 0.6) is 0 Å². The molecule has 1 aromatic rings. The van der Waals surface area contributed by atoms with Crippen LogP contribution in [0.1, 0.15) is 25.3 Å². The first kappa shape index (κ1) is 10.6. The summed E-state index contributed by atoms with van der Waals surface area (Å²) in [7, 11) is -3.32. The van der Waals surface area contributed by atoms with Gasteiger partial charge in [0, 0.05) is 5.54 Å². The summed E-state index contributed by atoms with van der Waals surface area (Å²) in [5.74, 6) is 0. The van der Waals surface area contributed by atoms with Gasteiger partial charge in [-0.3, -0.25) is 0 Å². The lowest BCUT2D eigenvalue weighted by atomic mass is 10.2. The average Bonchev–Trinajstić information content (AvgIpc) is 2.82. The van der Waals surface area contributed by atoms with Crippen LogP contribution in [0.3, 0.4) is 0 Å². The highest BCUT2D eigenvalue weighted by atomic mass is 32.2. The van der Waals surface area contributed by atoms with Crippen LogP contribution in [-0.2, 0) is 10.0 Å². The number of benzene rings is 1. The maximum Gasteiger partial charge on any atom is 0.241 e. The van der Waals surface area contributed by atoms with Gasteiger partial charge in [-0.2, -0.15) is 0 Å². The van der Waals surface area contributed by atoms with Crippen LogP contribution in [0, 0.1) is 6.92 Å². The molecule has 82 valence electrons. The van der Waals surface area contributed by atoms with Gasteiger partial charge in [-0.25, -0.2) is 13.1 Å². The lowest BCUT2D eigenvalue weighted by Gasteiger charge is -2.12. The van der Waals surface area contributed by atoms with Gasteiger partial charge >= 0.3 is 0 Å². The zero-order valence-electron chi connectivity index (χ0n) is 8.95. The SMILES string of the molecule is Cc1ccc(S(=O)(=O)NC2(C)CC2)cc1. The van der Waals surface area contributed by atoms with Gasteiger partial charge in [0.25, 0.3) is 0 Å². The number of hydrogen-bond acceptors (Lipinski definition) is 2. The molecule has 0 amide bonds. The van der Waals surface area contributed by atoms with Crippen molar-refractivity contribution in [1.82, 2.24) is 4.72 Å². The fourth-order valence-corrected chi connectivity index (χ4v) is 2.86. The van der Waals surface area contributed by atoms with E-state index in [2.05, 4.69) is 4.72 Å². The molecule has 3 nitrogen and oxygen atoms in total. The third-order valence-corrected chi connectivity index (χ3v) is 4.37. The van der Waals surface area contributed by atoms with E-state index in [4.69, 9.17) is 0 Å². The number of hydrogen-bond donors (Lipinski definition) is 1. The van der Waals surface area contributed by atoms with Crippen molar-refractivity contribution >= 4 is 10.0 Å². The highest BCUT2D eigenvalue weighted by molar-refractivity contribution is 7.89. The zero-order valence-corrected chi connectivity index (χ0v) is 9.76. The summed E-state index contributed by atoms with van der Waals surface area (Å²) >= 11 is 0. The molecule has 0 spiro atoms. The molecule has 1 aliphatic carbocycles. The summed E-state index contributed by atoms with van der Waals surface area (Å²) in [5, 5.41) is 0. The molecule has 1 saturated carbocycles. The molecule has 0 bridgehead atoms. The normalized spacial score (nSPS) is 18.8. The van der Waals surface area contributed by atoms with Gasteiger partial charge in [-0.1, -0.05) is 17.7 Å². The lowest BCUT2D eigenvalue weighted by molar-refractivity contribution is 0.558. The standard InChI is InChI=1S/C11H15NO2S/c1-9-3-5-10(6-4-9)15(13,14)12-11(2)7-8-11/h3-6,12H,7-8H2,1-2H3. The van der Waals surface area contributed by atoms with Gasteiger partial charge in [0.1, 0.15) is 0 Å². The van der Waals surface area contributed by atoms with Crippen molar-refractivity contribution in [3.05, 3.63) is 29.8 Å². The predicted molar refractivity (Wildman–Crippen MR) is 59.1 cm³/mol. The molecule has 0 atom stereocenters. The molecule has 1 aromatic carbocycles. The third kappa shape index (κ3) is 2.38. The Morgan fingerprint density at radius 2 is 1.73 bits per heavy atom. The molecule has 4 heteroatoms. The van der Waals surface area contributed by atoms with E-state index in [0.29, 0.717) is 4.90 Å². The Kier molecular flexibility index (Phi) is 2.35. The van der Waals surface area contributed by atoms with E-state index in [-0.39, 0.29) is 5.54 Å². The largest absolute Gasteiger partial charge is 0.241 e.